The quantitative estimate of drug-likeness (QED) is 0.536. The maximum Gasteiger partial charge on any atom is 0.124 e. The third kappa shape index (κ3) is 5.22. The van der Waals surface area contributed by atoms with Crippen LogP contribution in [0.15, 0.2) is 48.5 Å². The summed E-state index contributed by atoms with van der Waals surface area (Å²) in [6.07, 6.45) is 7.70. The van der Waals surface area contributed by atoms with Crippen LogP contribution in [-0.4, -0.2) is 21.0 Å². The number of nitrogens with zero attached hydrogens (tertiary/aromatic N) is 3. The third-order valence-corrected chi connectivity index (χ3v) is 5.86. The molecule has 0 saturated heterocycles. The molecule has 1 heterocycles. The van der Waals surface area contributed by atoms with E-state index in [0.29, 0.717) is 24.2 Å². The first-order valence-corrected chi connectivity index (χ1v) is 10.7. The summed E-state index contributed by atoms with van der Waals surface area (Å²) in [6, 6.07) is 15.1. The van der Waals surface area contributed by atoms with Gasteiger partial charge in [-0.25, -0.2) is 4.39 Å². The molecule has 0 bridgehead atoms. The summed E-state index contributed by atoms with van der Waals surface area (Å²) in [7, 11) is 0. The van der Waals surface area contributed by atoms with Crippen LogP contribution in [0.1, 0.15) is 49.8 Å². The van der Waals surface area contributed by atoms with E-state index in [1.807, 2.05) is 30.3 Å². The van der Waals surface area contributed by atoms with Gasteiger partial charge in [0.2, 0.25) is 0 Å². The fourth-order valence-electron chi connectivity index (χ4n) is 3.92. The highest BCUT2D eigenvalue weighted by Crippen LogP contribution is 2.23. The van der Waals surface area contributed by atoms with Crippen LogP contribution >= 0.6 is 11.6 Å². The van der Waals surface area contributed by atoms with E-state index in [2.05, 4.69) is 5.32 Å². The lowest BCUT2D eigenvalue weighted by Crippen LogP contribution is -2.28. The molecule has 1 aliphatic rings. The van der Waals surface area contributed by atoms with E-state index in [1.165, 1.54) is 50.7 Å². The highest BCUT2D eigenvalue weighted by Gasteiger charge is 2.17. The SMILES string of the molecule is Fc1ccc(Cn2nc(CNC3CCCCCC3)c(-c3ccccc3)n2)c(Cl)c1. The van der Waals surface area contributed by atoms with Crippen LogP contribution in [0.3, 0.4) is 0 Å². The second-order valence-electron chi connectivity index (χ2n) is 7.70. The molecule has 4 nitrogen and oxygen atoms in total. The lowest BCUT2D eigenvalue weighted by Gasteiger charge is -2.15. The van der Waals surface area contributed by atoms with Crippen LogP contribution in [-0.2, 0) is 13.1 Å². The van der Waals surface area contributed by atoms with Crippen LogP contribution in [0.4, 0.5) is 4.39 Å². The van der Waals surface area contributed by atoms with Crippen LogP contribution in [0.25, 0.3) is 11.3 Å². The highest BCUT2D eigenvalue weighted by molar-refractivity contribution is 6.31. The van der Waals surface area contributed by atoms with Crippen molar-refractivity contribution < 1.29 is 4.39 Å². The van der Waals surface area contributed by atoms with Crippen LogP contribution < -0.4 is 5.32 Å². The summed E-state index contributed by atoms with van der Waals surface area (Å²) in [4.78, 5) is 1.66. The average Bonchev–Trinajstić information content (AvgIpc) is 2.94. The second kappa shape index (κ2) is 9.51. The zero-order chi connectivity index (χ0) is 20.1. The smallest absolute Gasteiger partial charge is 0.124 e. The fourth-order valence-corrected chi connectivity index (χ4v) is 4.15. The van der Waals surface area contributed by atoms with Crippen molar-refractivity contribution in [3.63, 3.8) is 0 Å². The molecule has 3 aromatic rings. The van der Waals surface area contributed by atoms with E-state index in [4.69, 9.17) is 21.8 Å². The molecule has 6 heteroatoms. The number of hydrogen-bond acceptors (Lipinski definition) is 3. The molecule has 1 fully saturated rings. The molecule has 0 amide bonds. The monoisotopic (exact) mass is 412 g/mol. The first kappa shape index (κ1) is 20.0. The molecule has 1 saturated carbocycles. The lowest BCUT2D eigenvalue weighted by molar-refractivity contribution is 0.453. The van der Waals surface area contributed by atoms with Crippen LogP contribution in [0, 0.1) is 5.82 Å². The Morgan fingerprint density at radius 1 is 1.00 bits per heavy atom. The summed E-state index contributed by atoms with van der Waals surface area (Å²) in [5.41, 5.74) is 3.65. The van der Waals surface area contributed by atoms with Crippen LogP contribution in [0.5, 0.6) is 0 Å². The molecule has 29 heavy (non-hydrogen) atoms. The minimum atomic E-state index is -0.342. The number of hydrogen-bond donors (Lipinski definition) is 1. The normalized spacial score (nSPS) is 15.4. The zero-order valence-electron chi connectivity index (χ0n) is 16.5. The number of benzene rings is 2. The first-order chi connectivity index (χ1) is 14.2. The zero-order valence-corrected chi connectivity index (χ0v) is 17.2. The van der Waals surface area contributed by atoms with Gasteiger partial charge < -0.3 is 5.32 Å². The van der Waals surface area contributed by atoms with E-state index in [9.17, 15) is 4.39 Å². The Morgan fingerprint density at radius 2 is 1.76 bits per heavy atom. The van der Waals surface area contributed by atoms with E-state index >= 15 is 0 Å². The van der Waals surface area contributed by atoms with Gasteiger partial charge >= 0.3 is 0 Å². The predicted molar refractivity (Wildman–Crippen MR) is 114 cm³/mol. The fraction of sp³-hybridized carbons (Fsp3) is 0.391. The lowest BCUT2D eigenvalue weighted by atomic mass is 10.1. The van der Waals surface area contributed by atoms with Crippen molar-refractivity contribution in [2.24, 2.45) is 0 Å². The molecular formula is C23H26ClFN4. The minimum absolute atomic E-state index is 0.342. The average molecular weight is 413 g/mol. The van der Waals surface area contributed by atoms with Crippen molar-refractivity contribution >= 4 is 11.6 Å². The first-order valence-electron chi connectivity index (χ1n) is 10.4. The van der Waals surface area contributed by atoms with Gasteiger partial charge in [-0.3, -0.25) is 0 Å². The molecule has 1 N–H and O–H groups in total. The van der Waals surface area contributed by atoms with Crippen molar-refractivity contribution in [3.05, 3.63) is 70.6 Å². The molecule has 152 valence electrons. The largest absolute Gasteiger partial charge is 0.308 e. The van der Waals surface area contributed by atoms with Crippen molar-refractivity contribution in [3.8, 4) is 11.3 Å². The summed E-state index contributed by atoms with van der Waals surface area (Å²) >= 11 is 6.20. The van der Waals surface area contributed by atoms with Gasteiger partial charge in [0.15, 0.2) is 0 Å². The summed E-state index contributed by atoms with van der Waals surface area (Å²) in [5.74, 6) is -0.342. The van der Waals surface area contributed by atoms with Gasteiger partial charge in [0.05, 0.1) is 6.54 Å². The van der Waals surface area contributed by atoms with E-state index in [0.717, 1.165) is 22.5 Å². The molecule has 4 rings (SSSR count). The molecule has 0 unspecified atom stereocenters. The summed E-state index contributed by atoms with van der Waals surface area (Å²) in [5, 5.41) is 13.6. The van der Waals surface area contributed by atoms with Crippen molar-refractivity contribution in [2.45, 2.75) is 57.7 Å². The number of rotatable bonds is 6. The Kier molecular flexibility index (Phi) is 6.57. The molecule has 0 radical (unpaired) electrons. The maximum atomic E-state index is 13.4. The molecule has 1 aromatic heterocycles. The Morgan fingerprint density at radius 3 is 2.48 bits per heavy atom. The molecular weight excluding hydrogens is 387 g/mol. The summed E-state index contributed by atoms with van der Waals surface area (Å²) < 4.78 is 13.4. The van der Waals surface area contributed by atoms with Gasteiger partial charge in [-0.1, -0.05) is 73.7 Å². The van der Waals surface area contributed by atoms with Gasteiger partial charge in [-0.15, -0.1) is 0 Å². The standard InChI is InChI=1S/C23H26ClFN4/c24-21-14-19(25)13-12-18(21)16-29-27-22(15-26-20-10-6-1-2-7-11-20)23(28-29)17-8-4-3-5-9-17/h3-5,8-9,12-14,20,26H,1-2,6-7,10-11,15-16H2. The Hall–Kier alpha value is -2.24. The second-order valence-corrected chi connectivity index (χ2v) is 8.10. The third-order valence-electron chi connectivity index (χ3n) is 5.51. The molecule has 1 aliphatic carbocycles. The Bertz CT molecular complexity index is 933. The van der Waals surface area contributed by atoms with Crippen molar-refractivity contribution in [1.29, 1.82) is 0 Å². The Balaban J connectivity index is 1.56. The Labute approximate surface area is 176 Å². The molecule has 2 aromatic carbocycles. The summed E-state index contributed by atoms with van der Waals surface area (Å²) in [6.45, 7) is 1.09. The number of nitrogens with one attached hydrogen (secondary N) is 1. The van der Waals surface area contributed by atoms with Crippen molar-refractivity contribution in [2.75, 3.05) is 0 Å². The number of aromatic nitrogens is 3. The van der Waals surface area contributed by atoms with Gasteiger partial charge in [0.25, 0.3) is 0 Å². The van der Waals surface area contributed by atoms with Gasteiger partial charge in [-0.05, 0) is 30.5 Å². The molecule has 0 spiro atoms. The molecule has 0 atom stereocenters. The van der Waals surface area contributed by atoms with Crippen LogP contribution in [0.2, 0.25) is 5.02 Å². The van der Waals surface area contributed by atoms with E-state index in [1.54, 1.807) is 10.9 Å². The highest BCUT2D eigenvalue weighted by atomic mass is 35.5. The van der Waals surface area contributed by atoms with Crippen molar-refractivity contribution in [1.82, 2.24) is 20.3 Å². The maximum absolute atomic E-state index is 13.4. The topological polar surface area (TPSA) is 42.7 Å². The van der Waals surface area contributed by atoms with Gasteiger partial charge in [0.1, 0.15) is 17.2 Å². The number of halogens is 2. The van der Waals surface area contributed by atoms with E-state index in [-0.39, 0.29) is 5.82 Å². The van der Waals surface area contributed by atoms with Gasteiger partial charge in [0, 0.05) is 23.2 Å². The predicted octanol–water partition coefficient (Wildman–Crippen LogP) is 5.60. The molecule has 0 aliphatic heterocycles. The van der Waals surface area contributed by atoms with Gasteiger partial charge in [-0.2, -0.15) is 15.0 Å². The van der Waals surface area contributed by atoms with E-state index < -0.39 is 0 Å². The minimum Gasteiger partial charge on any atom is -0.308 e.